The number of fused-ring (bicyclic) bond motifs is 1. The number of rotatable bonds is 2. The molecule has 2 aromatic rings. The highest BCUT2D eigenvalue weighted by molar-refractivity contribution is 8.22. The Kier molecular flexibility index (Phi) is 4.26. The number of nitrogens with one attached hydrogen (secondary N) is 1. The summed E-state index contributed by atoms with van der Waals surface area (Å²) in [6.07, 6.45) is 2.43. The lowest BCUT2D eigenvalue weighted by molar-refractivity contribution is 0.539. The minimum Gasteiger partial charge on any atom is -0.358 e. The molecule has 1 N–H and O–H groups in total. The first-order chi connectivity index (χ1) is 10.1. The van der Waals surface area contributed by atoms with Gasteiger partial charge in [-0.3, -0.25) is 4.79 Å². The van der Waals surface area contributed by atoms with Gasteiger partial charge in [0.15, 0.2) is 0 Å². The van der Waals surface area contributed by atoms with Gasteiger partial charge in [-0.25, -0.2) is 4.98 Å². The van der Waals surface area contributed by atoms with E-state index in [4.69, 9.17) is 12.2 Å². The molecule has 0 unspecified atom stereocenters. The summed E-state index contributed by atoms with van der Waals surface area (Å²) in [5.74, 6) is 1.29. The van der Waals surface area contributed by atoms with Crippen molar-refractivity contribution in [2.24, 2.45) is 0 Å². The zero-order chi connectivity index (χ0) is 14.8. The van der Waals surface area contributed by atoms with Crippen molar-refractivity contribution in [1.29, 1.82) is 0 Å². The van der Waals surface area contributed by atoms with Gasteiger partial charge in [0.25, 0.3) is 5.56 Å². The number of para-hydroxylation sites is 1. The Balaban J connectivity index is 1.79. The largest absolute Gasteiger partial charge is 0.358 e. The Morgan fingerprint density at radius 1 is 1.43 bits per heavy atom. The molecule has 0 amide bonds. The summed E-state index contributed by atoms with van der Waals surface area (Å²) < 4.78 is 0.903. The van der Waals surface area contributed by atoms with Crippen LogP contribution in [0.4, 0.5) is 0 Å². The molecule has 0 spiro atoms. The predicted molar refractivity (Wildman–Crippen MR) is 91.8 cm³/mol. The van der Waals surface area contributed by atoms with Crippen molar-refractivity contribution in [2.45, 2.75) is 25.5 Å². The van der Waals surface area contributed by atoms with E-state index in [1.807, 2.05) is 19.1 Å². The molecule has 1 aromatic carbocycles. The normalized spacial score (nSPS) is 14.8. The van der Waals surface area contributed by atoms with Gasteiger partial charge in [-0.05, 0) is 31.4 Å². The third-order valence-corrected chi connectivity index (χ3v) is 5.22. The second-order valence-corrected chi connectivity index (χ2v) is 6.84. The number of hydrogen-bond acceptors (Lipinski definition) is 4. The van der Waals surface area contributed by atoms with Crippen molar-refractivity contribution < 1.29 is 0 Å². The summed E-state index contributed by atoms with van der Waals surface area (Å²) in [6, 6.07) is 5.66. The van der Waals surface area contributed by atoms with E-state index in [1.165, 1.54) is 12.8 Å². The summed E-state index contributed by atoms with van der Waals surface area (Å²) in [7, 11) is 0. The van der Waals surface area contributed by atoms with Gasteiger partial charge in [0.2, 0.25) is 0 Å². The molecule has 0 atom stereocenters. The third kappa shape index (κ3) is 3.11. The Morgan fingerprint density at radius 2 is 2.19 bits per heavy atom. The Morgan fingerprint density at radius 3 is 2.95 bits per heavy atom. The summed E-state index contributed by atoms with van der Waals surface area (Å²) in [4.78, 5) is 21.8. The molecule has 3 rings (SSSR count). The summed E-state index contributed by atoms with van der Waals surface area (Å²) >= 11 is 7.01. The molecule has 0 bridgehead atoms. The van der Waals surface area contributed by atoms with Gasteiger partial charge in [-0.2, -0.15) is 0 Å². The van der Waals surface area contributed by atoms with Gasteiger partial charge < -0.3 is 9.88 Å². The zero-order valence-electron chi connectivity index (χ0n) is 11.9. The van der Waals surface area contributed by atoms with Crippen LogP contribution in [0, 0.1) is 6.92 Å². The van der Waals surface area contributed by atoms with E-state index in [9.17, 15) is 4.79 Å². The van der Waals surface area contributed by atoms with E-state index in [0.717, 1.165) is 28.5 Å². The highest BCUT2D eigenvalue weighted by Crippen LogP contribution is 2.19. The number of hydrogen-bond donors (Lipinski definition) is 1. The molecule has 110 valence electrons. The molecular formula is C15H17N3OS2. The lowest BCUT2D eigenvalue weighted by Crippen LogP contribution is -2.23. The zero-order valence-corrected chi connectivity index (χ0v) is 13.5. The lowest BCUT2D eigenvalue weighted by Gasteiger charge is -2.17. The van der Waals surface area contributed by atoms with Crippen LogP contribution in [0.5, 0.6) is 0 Å². The summed E-state index contributed by atoms with van der Waals surface area (Å²) in [5.41, 5.74) is 1.72. The van der Waals surface area contributed by atoms with Gasteiger partial charge in [0.05, 0.1) is 16.7 Å². The molecule has 4 nitrogen and oxygen atoms in total. The number of aromatic nitrogens is 2. The van der Waals surface area contributed by atoms with E-state index >= 15 is 0 Å². The van der Waals surface area contributed by atoms with Crippen molar-refractivity contribution >= 4 is 39.2 Å². The van der Waals surface area contributed by atoms with Gasteiger partial charge >= 0.3 is 0 Å². The van der Waals surface area contributed by atoms with Crippen LogP contribution in [0.15, 0.2) is 23.0 Å². The fourth-order valence-electron chi connectivity index (χ4n) is 2.54. The average molecular weight is 319 g/mol. The Hall–Kier alpha value is -1.40. The standard InChI is InChI=1S/C15H17N3OS2/c1-10-5-4-6-11-13(10)16-12(17-14(11)19)9-21-15(20)18-7-2-3-8-18/h4-6H,2-3,7-9H2,1H3,(H,16,17,19). The molecule has 0 radical (unpaired) electrons. The van der Waals surface area contributed by atoms with Crippen LogP contribution in [-0.2, 0) is 5.75 Å². The number of nitrogens with zero attached hydrogens (tertiary/aromatic N) is 2. The molecule has 2 heterocycles. The molecule has 0 saturated carbocycles. The first-order valence-electron chi connectivity index (χ1n) is 7.05. The van der Waals surface area contributed by atoms with Crippen LogP contribution in [-0.4, -0.2) is 32.3 Å². The first-order valence-corrected chi connectivity index (χ1v) is 8.45. The number of thiocarbonyl (C=S) groups is 1. The van der Waals surface area contributed by atoms with Crippen LogP contribution < -0.4 is 5.56 Å². The lowest BCUT2D eigenvalue weighted by atomic mass is 10.1. The average Bonchev–Trinajstić information content (AvgIpc) is 3.00. The van der Waals surface area contributed by atoms with E-state index in [1.54, 1.807) is 17.8 Å². The summed E-state index contributed by atoms with van der Waals surface area (Å²) in [6.45, 7) is 4.07. The van der Waals surface area contributed by atoms with E-state index in [2.05, 4.69) is 14.9 Å². The van der Waals surface area contributed by atoms with Gasteiger partial charge in [0, 0.05) is 13.1 Å². The van der Waals surface area contributed by atoms with Crippen molar-refractivity contribution in [2.75, 3.05) is 13.1 Å². The molecule has 0 aliphatic carbocycles. The highest BCUT2D eigenvalue weighted by Gasteiger charge is 2.15. The van der Waals surface area contributed by atoms with Crippen LogP contribution in [0.2, 0.25) is 0 Å². The maximum absolute atomic E-state index is 12.1. The summed E-state index contributed by atoms with van der Waals surface area (Å²) in [5, 5.41) is 0.644. The number of likely N-dealkylation sites (tertiary alicyclic amines) is 1. The monoisotopic (exact) mass is 319 g/mol. The molecule has 1 fully saturated rings. The van der Waals surface area contributed by atoms with Crippen molar-refractivity contribution in [3.8, 4) is 0 Å². The number of aromatic amines is 1. The van der Waals surface area contributed by atoms with Gasteiger partial charge in [-0.15, -0.1) is 0 Å². The number of thioether (sulfide) groups is 1. The minimum absolute atomic E-state index is 0.0774. The van der Waals surface area contributed by atoms with Crippen LogP contribution >= 0.6 is 24.0 Å². The molecule has 21 heavy (non-hydrogen) atoms. The van der Waals surface area contributed by atoms with Crippen LogP contribution in [0.1, 0.15) is 24.2 Å². The molecule has 1 aliphatic heterocycles. The maximum atomic E-state index is 12.1. The van der Waals surface area contributed by atoms with E-state index < -0.39 is 0 Å². The number of benzene rings is 1. The quantitative estimate of drug-likeness (QED) is 0.863. The highest BCUT2D eigenvalue weighted by atomic mass is 32.2. The fourth-order valence-corrected chi connectivity index (χ4v) is 3.66. The molecule has 6 heteroatoms. The predicted octanol–water partition coefficient (Wildman–Crippen LogP) is 2.85. The maximum Gasteiger partial charge on any atom is 0.258 e. The minimum atomic E-state index is -0.0774. The molecule has 1 saturated heterocycles. The van der Waals surface area contributed by atoms with Crippen LogP contribution in [0.25, 0.3) is 10.9 Å². The van der Waals surface area contributed by atoms with E-state index in [0.29, 0.717) is 17.0 Å². The van der Waals surface area contributed by atoms with E-state index in [-0.39, 0.29) is 5.56 Å². The van der Waals surface area contributed by atoms with Crippen molar-refractivity contribution in [1.82, 2.24) is 14.9 Å². The molecular weight excluding hydrogens is 302 g/mol. The number of H-pyrrole nitrogens is 1. The van der Waals surface area contributed by atoms with Crippen molar-refractivity contribution in [3.63, 3.8) is 0 Å². The number of aryl methyl sites for hydroxylation is 1. The van der Waals surface area contributed by atoms with Gasteiger partial charge in [0.1, 0.15) is 10.1 Å². The third-order valence-electron chi connectivity index (χ3n) is 3.68. The second kappa shape index (κ2) is 6.15. The second-order valence-electron chi connectivity index (χ2n) is 5.23. The first kappa shape index (κ1) is 14.5. The Bertz CT molecular complexity index is 735. The SMILES string of the molecule is Cc1cccc2c(=O)[nH]c(CSC(=S)N3CCCC3)nc12. The fraction of sp³-hybridized carbons (Fsp3) is 0.400. The molecule has 1 aromatic heterocycles. The van der Waals surface area contributed by atoms with Crippen molar-refractivity contribution in [3.05, 3.63) is 39.9 Å². The topological polar surface area (TPSA) is 49.0 Å². The smallest absolute Gasteiger partial charge is 0.258 e. The molecule has 1 aliphatic rings. The van der Waals surface area contributed by atoms with Crippen LogP contribution in [0.3, 0.4) is 0 Å². The Labute approximate surface area is 133 Å². The van der Waals surface area contributed by atoms with Gasteiger partial charge in [-0.1, -0.05) is 36.1 Å².